The standard InChI is InChI=1S/C26H26O2/c1-4-6-12-24(21-10-8-7-9-11-21)22-14-16-23(17-15-22)28-25-18-13-20(5-2)19-26(25)27-3/h5,7-19H,2,4,6H2,1,3H3/b24-12+. The smallest absolute Gasteiger partial charge is 0.169 e. The first kappa shape index (κ1) is 19.5. The Kier molecular flexibility index (Phi) is 6.69. The molecule has 0 atom stereocenters. The predicted octanol–water partition coefficient (Wildman–Crippen LogP) is 7.36. The van der Waals surface area contributed by atoms with Gasteiger partial charge in [0.25, 0.3) is 0 Å². The minimum Gasteiger partial charge on any atom is -0.493 e. The van der Waals surface area contributed by atoms with Crippen LogP contribution < -0.4 is 9.47 Å². The zero-order chi connectivity index (χ0) is 19.8. The highest BCUT2D eigenvalue weighted by atomic mass is 16.5. The van der Waals surface area contributed by atoms with E-state index in [1.54, 1.807) is 13.2 Å². The lowest BCUT2D eigenvalue weighted by Crippen LogP contribution is -1.92. The van der Waals surface area contributed by atoms with Gasteiger partial charge < -0.3 is 9.47 Å². The molecule has 0 aliphatic rings. The molecule has 0 heterocycles. The molecule has 0 unspecified atom stereocenters. The molecule has 142 valence electrons. The summed E-state index contributed by atoms with van der Waals surface area (Å²) in [7, 11) is 1.64. The summed E-state index contributed by atoms with van der Waals surface area (Å²) < 4.78 is 11.5. The molecule has 0 aliphatic heterocycles. The van der Waals surface area contributed by atoms with Gasteiger partial charge in [0.15, 0.2) is 11.5 Å². The van der Waals surface area contributed by atoms with Crippen molar-refractivity contribution in [3.05, 3.63) is 102 Å². The van der Waals surface area contributed by atoms with Crippen LogP contribution in [0.2, 0.25) is 0 Å². The molecule has 0 aromatic heterocycles. The van der Waals surface area contributed by atoms with Crippen LogP contribution in [0.5, 0.6) is 17.2 Å². The first-order valence-corrected chi connectivity index (χ1v) is 9.59. The summed E-state index contributed by atoms with van der Waals surface area (Å²) >= 11 is 0. The van der Waals surface area contributed by atoms with Crippen molar-refractivity contribution in [3.8, 4) is 17.2 Å². The van der Waals surface area contributed by atoms with Crippen molar-refractivity contribution in [3.63, 3.8) is 0 Å². The molecule has 28 heavy (non-hydrogen) atoms. The van der Waals surface area contributed by atoms with Gasteiger partial charge in [0, 0.05) is 0 Å². The minimum absolute atomic E-state index is 0.686. The first-order valence-electron chi connectivity index (χ1n) is 9.59. The van der Waals surface area contributed by atoms with Gasteiger partial charge in [0.2, 0.25) is 0 Å². The van der Waals surface area contributed by atoms with Gasteiger partial charge in [-0.05, 0) is 52.9 Å². The molecule has 0 radical (unpaired) electrons. The molecule has 3 aromatic rings. The molecular formula is C26H26O2. The summed E-state index contributed by atoms with van der Waals surface area (Å²) in [6.07, 6.45) is 6.27. The Balaban J connectivity index is 1.85. The third-order valence-corrected chi connectivity index (χ3v) is 4.54. The van der Waals surface area contributed by atoms with E-state index in [4.69, 9.17) is 9.47 Å². The lowest BCUT2D eigenvalue weighted by Gasteiger charge is -2.13. The number of rotatable bonds is 8. The number of hydrogen-bond acceptors (Lipinski definition) is 2. The molecule has 0 bridgehead atoms. The molecule has 3 rings (SSSR count). The van der Waals surface area contributed by atoms with E-state index in [1.165, 1.54) is 16.7 Å². The molecule has 0 saturated heterocycles. The number of benzene rings is 3. The fraction of sp³-hybridized carbons (Fsp3) is 0.154. The van der Waals surface area contributed by atoms with Gasteiger partial charge in [-0.25, -0.2) is 0 Å². The highest BCUT2D eigenvalue weighted by Crippen LogP contribution is 2.33. The Morgan fingerprint density at radius 2 is 1.61 bits per heavy atom. The van der Waals surface area contributed by atoms with Crippen molar-refractivity contribution in [2.45, 2.75) is 19.8 Å². The minimum atomic E-state index is 0.686. The van der Waals surface area contributed by atoms with Gasteiger partial charge in [-0.3, -0.25) is 0 Å². The second-order valence-corrected chi connectivity index (χ2v) is 6.51. The fourth-order valence-electron chi connectivity index (χ4n) is 3.03. The third-order valence-electron chi connectivity index (χ3n) is 4.54. The Morgan fingerprint density at radius 1 is 0.893 bits per heavy atom. The molecule has 0 saturated carbocycles. The maximum absolute atomic E-state index is 6.04. The van der Waals surface area contributed by atoms with Crippen LogP contribution in [0.1, 0.15) is 36.5 Å². The molecule has 0 amide bonds. The van der Waals surface area contributed by atoms with Crippen molar-refractivity contribution in [2.24, 2.45) is 0 Å². The van der Waals surface area contributed by atoms with Crippen LogP contribution in [0.15, 0.2) is 85.5 Å². The van der Waals surface area contributed by atoms with Crippen LogP contribution in [0.3, 0.4) is 0 Å². The second kappa shape index (κ2) is 9.61. The predicted molar refractivity (Wildman–Crippen MR) is 118 cm³/mol. The van der Waals surface area contributed by atoms with Gasteiger partial charge in [0.05, 0.1) is 7.11 Å². The van der Waals surface area contributed by atoms with Gasteiger partial charge in [0.1, 0.15) is 5.75 Å². The highest BCUT2D eigenvalue weighted by Gasteiger charge is 2.08. The van der Waals surface area contributed by atoms with Crippen molar-refractivity contribution in [1.82, 2.24) is 0 Å². The number of ether oxygens (including phenoxy) is 2. The lowest BCUT2D eigenvalue weighted by atomic mass is 9.96. The van der Waals surface area contributed by atoms with Gasteiger partial charge in [-0.1, -0.05) is 80.6 Å². The average Bonchev–Trinajstić information content (AvgIpc) is 2.76. The molecule has 0 spiro atoms. The average molecular weight is 370 g/mol. The van der Waals surface area contributed by atoms with E-state index in [9.17, 15) is 0 Å². The number of allylic oxidation sites excluding steroid dienone is 1. The number of methoxy groups -OCH3 is 1. The Labute approximate surface area is 167 Å². The molecule has 2 nitrogen and oxygen atoms in total. The van der Waals surface area contributed by atoms with Crippen molar-refractivity contribution >= 4 is 11.6 Å². The third kappa shape index (κ3) is 4.72. The van der Waals surface area contributed by atoms with Crippen LogP contribution in [-0.2, 0) is 0 Å². The molecule has 2 heteroatoms. The van der Waals surface area contributed by atoms with E-state index in [-0.39, 0.29) is 0 Å². The largest absolute Gasteiger partial charge is 0.493 e. The van der Waals surface area contributed by atoms with Crippen molar-refractivity contribution in [1.29, 1.82) is 0 Å². The summed E-state index contributed by atoms with van der Waals surface area (Å²) in [5.74, 6) is 2.15. The lowest BCUT2D eigenvalue weighted by molar-refractivity contribution is 0.379. The van der Waals surface area contributed by atoms with Crippen molar-refractivity contribution in [2.75, 3.05) is 7.11 Å². The maximum Gasteiger partial charge on any atom is 0.169 e. The topological polar surface area (TPSA) is 18.5 Å². The van der Waals surface area contributed by atoms with Gasteiger partial charge in [-0.15, -0.1) is 0 Å². The summed E-state index contributed by atoms with van der Waals surface area (Å²) in [6, 6.07) is 24.5. The number of hydrogen-bond donors (Lipinski definition) is 0. The zero-order valence-electron chi connectivity index (χ0n) is 16.5. The van der Waals surface area contributed by atoms with Crippen LogP contribution in [0.25, 0.3) is 11.6 Å². The summed E-state index contributed by atoms with van der Waals surface area (Å²) in [4.78, 5) is 0. The van der Waals surface area contributed by atoms with E-state index in [0.29, 0.717) is 11.5 Å². The quantitative estimate of drug-likeness (QED) is 0.412. The van der Waals surface area contributed by atoms with Gasteiger partial charge in [-0.2, -0.15) is 0 Å². The monoisotopic (exact) mass is 370 g/mol. The normalized spacial score (nSPS) is 11.1. The van der Waals surface area contributed by atoms with Crippen LogP contribution in [-0.4, -0.2) is 7.11 Å². The van der Waals surface area contributed by atoms with E-state index in [1.807, 2.05) is 36.4 Å². The highest BCUT2D eigenvalue weighted by molar-refractivity contribution is 5.80. The Morgan fingerprint density at radius 3 is 2.25 bits per heavy atom. The molecule has 0 aliphatic carbocycles. The molecule has 0 fully saturated rings. The van der Waals surface area contributed by atoms with Crippen LogP contribution >= 0.6 is 0 Å². The van der Waals surface area contributed by atoms with Crippen molar-refractivity contribution < 1.29 is 9.47 Å². The molecule has 3 aromatic carbocycles. The number of unbranched alkanes of at least 4 members (excludes halogenated alkanes) is 1. The van der Waals surface area contributed by atoms with E-state index < -0.39 is 0 Å². The van der Waals surface area contributed by atoms with Gasteiger partial charge >= 0.3 is 0 Å². The SMILES string of the molecule is C=Cc1ccc(Oc2ccc(/C(=C/CCC)c3ccccc3)cc2)c(OC)c1. The summed E-state index contributed by atoms with van der Waals surface area (Å²) in [6.45, 7) is 5.99. The summed E-state index contributed by atoms with van der Waals surface area (Å²) in [5, 5.41) is 0. The van der Waals surface area contributed by atoms with Crippen LogP contribution in [0, 0.1) is 0 Å². The summed E-state index contributed by atoms with van der Waals surface area (Å²) in [5.41, 5.74) is 4.65. The van der Waals surface area contributed by atoms with E-state index in [0.717, 1.165) is 24.2 Å². The zero-order valence-corrected chi connectivity index (χ0v) is 16.5. The Bertz CT molecular complexity index is 938. The Hall–Kier alpha value is -3.26. The molecular weight excluding hydrogens is 344 g/mol. The maximum atomic E-state index is 6.04. The van der Waals surface area contributed by atoms with E-state index in [2.05, 4.69) is 56.0 Å². The first-order chi connectivity index (χ1) is 13.7. The van der Waals surface area contributed by atoms with Crippen LogP contribution in [0.4, 0.5) is 0 Å². The second-order valence-electron chi connectivity index (χ2n) is 6.51. The van der Waals surface area contributed by atoms with E-state index >= 15 is 0 Å². The molecule has 0 N–H and O–H groups in total. The fourth-order valence-corrected chi connectivity index (χ4v) is 3.03.